The van der Waals surface area contributed by atoms with E-state index in [0.29, 0.717) is 17.7 Å². The zero-order chi connectivity index (χ0) is 19.7. The SMILES string of the molecule is O=C1Cn2c(cc3ccccc32)C(=O)N1CC(=O)N1CC2CC3CC(C2)CC1C3. The molecule has 6 heteroatoms. The van der Waals surface area contributed by atoms with Crippen LogP contribution in [-0.2, 0) is 16.1 Å². The summed E-state index contributed by atoms with van der Waals surface area (Å²) in [5, 5.41) is 0.942. The first-order valence-electron chi connectivity index (χ1n) is 10.8. The third-order valence-electron chi connectivity index (χ3n) is 7.59. The van der Waals surface area contributed by atoms with Crippen molar-refractivity contribution in [2.24, 2.45) is 17.8 Å². The number of fused-ring (bicyclic) bond motifs is 4. The molecule has 3 amide bonds. The number of hydrogen-bond acceptors (Lipinski definition) is 3. The van der Waals surface area contributed by atoms with Crippen LogP contribution in [0.4, 0.5) is 0 Å². The summed E-state index contributed by atoms with van der Waals surface area (Å²) in [7, 11) is 0. The van der Waals surface area contributed by atoms with Gasteiger partial charge < -0.3 is 9.47 Å². The molecule has 2 saturated carbocycles. The molecule has 2 unspecified atom stereocenters. The second-order valence-corrected chi connectivity index (χ2v) is 9.44. The second-order valence-electron chi connectivity index (χ2n) is 9.44. The smallest absolute Gasteiger partial charge is 0.277 e. The number of hydrogen-bond donors (Lipinski definition) is 0. The summed E-state index contributed by atoms with van der Waals surface area (Å²) in [4.78, 5) is 42.3. The van der Waals surface area contributed by atoms with Crippen molar-refractivity contribution in [2.45, 2.75) is 44.7 Å². The fraction of sp³-hybridized carbons (Fsp3) is 0.522. The summed E-state index contributed by atoms with van der Waals surface area (Å²) in [6.45, 7) is 0.781. The molecular weight excluding hydrogens is 366 g/mol. The van der Waals surface area contributed by atoms with Crippen LogP contribution >= 0.6 is 0 Å². The largest absolute Gasteiger partial charge is 0.338 e. The Morgan fingerprint density at radius 1 is 0.966 bits per heavy atom. The quantitative estimate of drug-likeness (QED) is 0.740. The normalized spacial score (nSPS) is 30.8. The van der Waals surface area contributed by atoms with Crippen molar-refractivity contribution in [2.75, 3.05) is 13.1 Å². The average Bonchev–Trinajstić information content (AvgIpc) is 2.95. The molecule has 2 saturated heterocycles. The van der Waals surface area contributed by atoms with Crippen molar-refractivity contribution < 1.29 is 14.4 Å². The van der Waals surface area contributed by atoms with Crippen LogP contribution in [0.1, 0.15) is 42.6 Å². The highest BCUT2D eigenvalue weighted by Gasteiger charge is 2.45. The van der Waals surface area contributed by atoms with Gasteiger partial charge in [0.2, 0.25) is 11.8 Å². The summed E-state index contributed by atoms with van der Waals surface area (Å²) >= 11 is 0. The van der Waals surface area contributed by atoms with Crippen molar-refractivity contribution >= 4 is 28.6 Å². The van der Waals surface area contributed by atoms with Gasteiger partial charge >= 0.3 is 0 Å². The van der Waals surface area contributed by atoms with Crippen molar-refractivity contribution in [1.29, 1.82) is 0 Å². The fourth-order valence-electron chi connectivity index (χ4n) is 6.51. The standard InChI is InChI=1S/C23H25N3O3/c27-21(24-11-16-6-14-5-15(7-16)9-18(24)8-14)13-26-22(28)12-25-19-4-2-1-3-17(19)10-20(25)23(26)29/h1-4,10,14-16,18H,5-9,11-13H2. The van der Waals surface area contributed by atoms with Gasteiger partial charge in [-0.3, -0.25) is 19.3 Å². The lowest BCUT2D eigenvalue weighted by atomic mass is 9.68. The molecule has 2 aliphatic carbocycles. The number of aromatic nitrogens is 1. The van der Waals surface area contributed by atoms with E-state index >= 15 is 0 Å². The average molecular weight is 391 g/mol. The van der Waals surface area contributed by atoms with Gasteiger partial charge in [0.25, 0.3) is 5.91 Å². The number of imide groups is 1. The van der Waals surface area contributed by atoms with Gasteiger partial charge in [-0.15, -0.1) is 0 Å². The number of nitrogens with zero attached hydrogens (tertiary/aromatic N) is 3. The van der Waals surface area contributed by atoms with E-state index in [9.17, 15) is 14.4 Å². The van der Waals surface area contributed by atoms with Gasteiger partial charge in [0.15, 0.2) is 0 Å². The van der Waals surface area contributed by atoms with Gasteiger partial charge in [-0.05, 0) is 62.0 Å². The Morgan fingerprint density at radius 2 is 1.69 bits per heavy atom. The van der Waals surface area contributed by atoms with E-state index in [2.05, 4.69) is 0 Å². The Bertz CT molecular complexity index is 1030. The molecule has 1 aromatic carbocycles. The first-order valence-corrected chi connectivity index (χ1v) is 10.8. The van der Waals surface area contributed by atoms with E-state index in [4.69, 9.17) is 0 Å². The lowest BCUT2D eigenvalue weighted by Gasteiger charge is -2.39. The maximum absolute atomic E-state index is 13.2. The molecule has 0 spiro atoms. The van der Waals surface area contributed by atoms with Gasteiger partial charge in [0.1, 0.15) is 18.8 Å². The van der Waals surface area contributed by atoms with E-state index in [1.165, 1.54) is 24.2 Å². The summed E-state index contributed by atoms with van der Waals surface area (Å²) in [5.41, 5.74) is 1.38. The maximum Gasteiger partial charge on any atom is 0.277 e. The maximum atomic E-state index is 13.2. The molecule has 5 aliphatic rings. The predicted molar refractivity (Wildman–Crippen MR) is 107 cm³/mol. The second kappa shape index (κ2) is 6.18. The molecule has 6 nitrogen and oxygen atoms in total. The number of para-hydroxylation sites is 1. The van der Waals surface area contributed by atoms with Crippen molar-refractivity contribution in [3.05, 3.63) is 36.0 Å². The minimum Gasteiger partial charge on any atom is -0.338 e. The van der Waals surface area contributed by atoms with Crippen molar-refractivity contribution in [3.63, 3.8) is 0 Å². The molecule has 1 aromatic heterocycles. The van der Waals surface area contributed by atoms with E-state index in [0.717, 1.165) is 42.1 Å². The van der Waals surface area contributed by atoms with Gasteiger partial charge in [-0.2, -0.15) is 0 Å². The molecule has 2 aromatic rings. The van der Waals surface area contributed by atoms with Crippen LogP contribution < -0.4 is 0 Å². The molecule has 2 atom stereocenters. The minimum absolute atomic E-state index is 0.0607. The summed E-state index contributed by atoms with van der Waals surface area (Å²) in [5.74, 6) is 1.39. The number of benzene rings is 1. The number of carbonyl (C=O) groups is 3. The number of amides is 3. The summed E-state index contributed by atoms with van der Waals surface area (Å²) in [6.07, 6.45) is 5.98. The highest BCUT2D eigenvalue weighted by atomic mass is 16.2. The molecule has 7 rings (SSSR count). The topological polar surface area (TPSA) is 62.6 Å². The first kappa shape index (κ1) is 17.2. The van der Waals surface area contributed by atoms with E-state index in [-0.39, 0.29) is 30.8 Å². The third kappa shape index (κ3) is 2.65. The Morgan fingerprint density at radius 3 is 2.48 bits per heavy atom. The molecular formula is C23H25N3O3. The number of rotatable bonds is 2. The van der Waals surface area contributed by atoms with E-state index in [1.54, 1.807) is 4.57 Å². The van der Waals surface area contributed by atoms with Gasteiger partial charge in [0.05, 0.1) is 0 Å². The highest BCUT2D eigenvalue weighted by Crippen LogP contribution is 2.47. The van der Waals surface area contributed by atoms with Crippen LogP contribution in [0.3, 0.4) is 0 Å². The van der Waals surface area contributed by atoms with Crippen LogP contribution in [0.25, 0.3) is 10.9 Å². The van der Waals surface area contributed by atoms with Gasteiger partial charge in [0, 0.05) is 23.5 Å². The van der Waals surface area contributed by atoms with Crippen LogP contribution in [0.2, 0.25) is 0 Å². The van der Waals surface area contributed by atoms with E-state index in [1.807, 2.05) is 35.2 Å². The van der Waals surface area contributed by atoms with Gasteiger partial charge in [-0.25, -0.2) is 0 Å². The van der Waals surface area contributed by atoms with Crippen LogP contribution in [0.5, 0.6) is 0 Å². The lowest BCUT2D eigenvalue weighted by molar-refractivity contribution is -0.141. The van der Waals surface area contributed by atoms with Gasteiger partial charge in [-0.1, -0.05) is 18.2 Å². The molecule has 4 heterocycles. The molecule has 29 heavy (non-hydrogen) atoms. The Hall–Kier alpha value is -2.63. The number of carbonyl (C=O) groups excluding carboxylic acids is 3. The molecule has 150 valence electrons. The fourth-order valence-corrected chi connectivity index (χ4v) is 6.51. The molecule has 3 aliphatic heterocycles. The van der Waals surface area contributed by atoms with Crippen LogP contribution in [-0.4, -0.2) is 51.2 Å². The third-order valence-corrected chi connectivity index (χ3v) is 7.59. The molecule has 4 fully saturated rings. The zero-order valence-electron chi connectivity index (χ0n) is 16.4. The van der Waals surface area contributed by atoms with Crippen molar-refractivity contribution in [3.8, 4) is 0 Å². The van der Waals surface area contributed by atoms with E-state index < -0.39 is 0 Å². The van der Waals surface area contributed by atoms with Crippen molar-refractivity contribution in [1.82, 2.24) is 14.4 Å². The monoisotopic (exact) mass is 391 g/mol. The van der Waals surface area contributed by atoms with Crippen LogP contribution in [0.15, 0.2) is 30.3 Å². The highest BCUT2D eigenvalue weighted by molar-refractivity contribution is 6.11. The molecule has 4 bridgehead atoms. The van der Waals surface area contributed by atoms with Crippen LogP contribution in [0, 0.1) is 17.8 Å². The predicted octanol–water partition coefficient (Wildman–Crippen LogP) is 2.66. The summed E-state index contributed by atoms with van der Waals surface area (Å²) < 4.78 is 1.77. The Balaban J connectivity index is 1.26. The molecule has 0 radical (unpaired) electrons. The Kier molecular flexibility index (Phi) is 3.68. The molecule has 0 N–H and O–H groups in total. The minimum atomic E-state index is -0.355. The summed E-state index contributed by atoms with van der Waals surface area (Å²) in [6, 6.07) is 9.81. The lowest BCUT2D eigenvalue weighted by Crippen LogP contribution is -2.52. The zero-order valence-corrected chi connectivity index (χ0v) is 16.4. The first-order chi connectivity index (χ1) is 14.1. The Labute approximate surface area is 169 Å².